The minimum Gasteiger partial charge on any atom is -0.506 e. The van der Waals surface area contributed by atoms with Crippen LogP contribution in [0.15, 0.2) is 28.7 Å². The molecule has 0 radical (unpaired) electrons. The van der Waals surface area contributed by atoms with Crippen molar-refractivity contribution < 1.29 is 9.90 Å². The molecule has 0 bridgehead atoms. The third kappa shape index (κ3) is 3.94. The first-order valence-electron chi connectivity index (χ1n) is 7.69. The lowest BCUT2D eigenvalue weighted by molar-refractivity contribution is 0.0626. The van der Waals surface area contributed by atoms with Gasteiger partial charge in [0.25, 0.3) is 5.91 Å². The van der Waals surface area contributed by atoms with E-state index in [1.54, 1.807) is 28.4 Å². The first-order valence-corrected chi connectivity index (χ1v) is 9.68. The lowest BCUT2D eigenvalue weighted by atomic mass is 10.1. The Morgan fingerprint density at radius 2 is 2.00 bits per heavy atom. The lowest BCUT2D eigenvalue weighted by Gasteiger charge is -2.34. The molecule has 0 spiro atoms. The van der Waals surface area contributed by atoms with Gasteiger partial charge in [0.15, 0.2) is 0 Å². The van der Waals surface area contributed by atoms with E-state index in [9.17, 15) is 9.90 Å². The molecule has 1 N–H and O–H groups in total. The summed E-state index contributed by atoms with van der Waals surface area (Å²) in [6.45, 7) is 5.71. The number of nitrogens with zero attached hydrogens (tertiary/aromatic N) is 2. The second kappa shape index (κ2) is 7.44. The fourth-order valence-corrected chi connectivity index (χ4v) is 4.54. The van der Waals surface area contributed by atoms with E-state index < -0.39 is 0 Å². The molecule has 0 aliphatic carbocycles. The topological polar surface area (TPSA) is 43.8 Å². The van der Waals surface area contributed by atoms with Crippen molar-refractivity contribution in [3.05, 3.63) is 49.1 Å². The van der Waals surface area contributed by atoms with Gasteiger partial charge in [-0.25, -0.2) is 0 Å². The van der Waals surface area contributed by atoms with Crippen LogP contribution in [0.3, 0.4) is 0 Å². The van der Waals surface area contributed by atoms with Crippen molar-refractivity contribution in [2.24, 2.45) is 0 Å². The Kier molecular flexibility index (Phi) is 5.49. The molecule has 0 saturated carbocycles. The first-order chi connectivity index (χ1) is 11.4. The Hall–Kier alpha value is -1.08. The van der Waals surface area contributed by atoms with Crippen molar-refractivity contribution in [1.29, 1.82) is 0 Å². The molecule has 3 rings (SSSR count). The van der Waals surface area contributed by atoms with E-state index in [0.717, 1.165) is 29.5 Å². The standard InChI is InChI=1S/C17H18BrClN2O2S/c1-11-8-13(16(22)14(18)9-11)17(23)21-6-4-20(5-7-21)10-12-2-3-15(19)24-12/h2-3,8-9,22H,4-7,10H2,1H3. The minimum atomic E-state index is -0.115. The maximum Gasteiger partial charge on any atom is 0.257 e. The summed E-state index contributed by atoms with van der Waals surface area (Å²) < 4.78 is 1.36. The highest BCUT2D eigenvalue weighted by atomic mass is 79.9. The molecule has 2 aromatic rings. The molecule has 128 valence electrons. The van der Waals surface area contributed by atoms with Gasteiger partial charge in [-0.2, -0.15) is 0 Å². The third-order valence-electron chi connectivity index (χ3n) is 4.11. The van der Waals surface area contributed by atoms with Crippen LogP contribution >= 0.6 is 38.9 Å². The zero-order valence-electron chi connectivity index (χ0n) is 13.3. The number of benzene rings is 1. The van der Waals surface area contributed by atoms with Gasteiger partial charge in [-0.05, 0) is 52.7 Å². The maximum absolute atomic E-state index is 12.7. The maximum atomic E-state index is 12.7. The van der Waals surface area contributed by atoms with E-state index in [4.69, 9.17) is 11.6 Å². The molecule has 2 heterocycles. The molecule has 1 fully saturated rings. The molecule has 1 amide bonds. The van der Waals surface area contributed by atoms with Crippen LogP contribution in [0.2, 0.25) is 4.34 Å². The highest BCUT2D eigenvalue weighted by Crippen LogP contribution is 2.30. The van der Waals surface area contributed by atoms with Crippen LogP contribution in [0.5, 0.6) is 5.75 Å². The highest BCUT2D eigenvalue weighted by Gasteiger charge is 2.25. The van der Waals surface area contributed by atoms with Gasteiger partial charge in [-0.1, -0.05) is 11.6 Å². The molecular weight excluding hydrogens is 412 g/mol. The number of phenolic OH excluding ortho intramolecular Hbond substituents is 1. The van der Waals surface area contributed by atoms with E-state index in [-0.39, 0.29) is 11.7 Å². The van der Waals surface area contributed by atoms with E-state index >= 15 is 0 Å². The Bertz CT molecular complexity index is 757. The first kappa shape index (κ1) is 17.7. The number of aromatic hydroxyl groups is 1. The molecule has 24 heavy (non-hydrogen) atoms. The Balaban J connectivity index is 1.63. The summed E-state index contributed by atoms with van der Waals surface area (Å²) in [7, 11) is 0. The average molecular weight is 430 g/mol. The predicted molar refractivity (Wildman–Crippen MR) is 101 cm³/mol. The molecule has 1 aromatic heterocycles. The molecular formula is C17H18BrClN2O2S. The second-order valence-corrected chi connectivity index (χ2v) is 8.57. The number of phenols is 1. The lowest BCUT2D eigenvalue weighted by Crippen LogP contribution is -2.48. The van der Waals surface area contributed by atoms with Gasteiger partial charge in [-0.15, -0.1) is 11.3 Å². The largest absolute Gasteiger partial charge is 0.506 e. The van der Waals surface area contributed by atoms with Crippen LogP contribution in [-0.4, -0.2) is 47.0 Å². The van der Waals surface area contributed by atoms with Gasteiger partial charge in [-0.3, -0.25) is 9.69 Å². The Morgan fingerprint density at radius 1 is 1.29 bits per heavy atom. The van der Waals surface area contributed by atoms with Crippen LogP contribution in [0, 0.1) is 6.92 Å². The van der Waals surface area contributed by atoms with Gasteiger partial charge in [0.1, 0.15) is 5.75 Å². The summed E-state index contributed by atoms with van der Waals surface area (Å²) in [5, 5.41) is 10.2. The molecule has 1 saturated heterocycles. The van der Waals surface area contributed by atoms with Crippen molar-refractivity contribution in [2.45, 2.75) is 13.5 Å². The van der Waals surface area contributed by atoms with E-state index in [1.165, 1.54) is 4.88 Å². The number of carbonyl (C=O) groups is 1. The Labute approximate surface area is 158 Å². The number of hydrogen-bond donors (Lipinski definition) is 1. The monoisotopic (exact) mass is 428 g/mol. The van der Waals surface area contributed by atoms with Crippen LogP contribution in [0.25, 0.3) is 0 Å². The molecule has 1 aliphatic heterocycles. The second-order valence-electron chi connectivity index (χ2n) is 5.92. The molecule has 7 heteroatoms. The van der Waals surface area contributed by atoms with E-state index in [0.29, 0.717) is 23.1 Å². The fourth-order valence-electron chi connectivity index (χ4n) is 2.83. The van der Waals surface area contributed by atoms with Crippen molar-refractivity contribution in [3.63, 3.8) is 0 Å². The summed E-state index contributed by atoms with van der Waals surface area (Å²) in [6, 6.07) is 7.51. The molecule has 0 atom stereocenters. The predicted octanol–water partition coefficient (Wildman–Crippen LogP) is 4.14. The van der Waals surface area contributed by atoms with Crippen molar-refractivity contribution in [3.8, 4) is 5.75 Å². The van der Waals surface area contributed by atoms with Crippen LogP contribution in [0.4, 0.5) is 0 Å². The van der Waals surface area contributed by atoms with E-state index in [1.807, 2.05) is 19.1 Å². The summed E-state index contributed by atoms with van der Waals surface area (Å²) in [5.41, 5.74) is 1.30. The quantitative estimate of drug-likeness (QED) is 0.797. The van der Waals surface area contributed by atoms with Crippen LogP contribution < -0.4 is 0 Å². The molecule has 0 unspecified atom stereocenters. The number of halogens is 2. The van der Waals surface area contributed by atoms with Crippen molar-refractivity contribution in [1.82, 2.24) is 9.80 Å². The Morgan fingerprint density at radius 3 is 2.62 bits per heavy atom. The average Bonchev–Trinajstić information content (AvgIpc) is 2.96. The van der Waals surface area contributed by atoms with Crippen molar-refractivity contribution >= 4 is 44.8 Å². The minimum absolute atomic E-state index is 0.0151. The SMILES string of the molecule is Cc1cc(Br)c(O)c(C(=O)N2CCN(Cc3ccc(Cl)s3)CC2)c1. The van der Waals surface area contributed by atoms with Gasteiger partial charge < -0.3 is 10.0 Å². The number of aryl methyl sites for hydroxylation is 1. The number of piperazine rings is 1. The summed E-state index contributed by atoms with van der Waals surface area (Å²) in [5.74, 6) is -0.100. The molecule has 1 aromatic carbocycles. The van der Waals surface area contributed by atoms with Gasteiger partial charge in [0.2, 0.25) is 0 Å². The van der Waals surface area contributed by atoms with Gasteiger partial charge in [0.05, 0.1) is 14.4 Å². The number of rotatable bonds is 3. The van der Waals surface area contributed by atoms with E-state index in [2.05, 4.69) is 20.8 Å². The summed E-state index contributed by atoms with van der Waals surface area (Å²) >= 11 is 10.9. The number of carbonyl (C=O) groups excluding carboxylic acids is 1. The number of thiophene rings is 1. The zero-order chi connectivity index (χ0) is 17.3. The zero-order valence-corrected chi connectivity index (χ0v) is 16.4. The number of amides is 1. The number of hydrogen-bond acceptors (Lipinski definition) is 4. The summed E-state index contributed by atoms with van der Waals surface area (Å²) in [6.07, 6.45) is 0. The van der Waals surface area contributed by atoms with Crippen LogP contribution in [-0.2, 0) is 6.54 Å². The smallest absolute Gasteiger partial charge is 0.257 e. The van der Waals surface area contributed by atoms with Gasteiger partial charge >= 0.3 is 0 Å². The van der Waals surface area contributed by atoms with Gasteiger partial charge in [0, 0.05) is 37.6 Å². The van der Waals surface area contributed by atoms with Crippen molar-refractivity contribution in [2.75, 3.05) is 26.2 Å². The normalized spacial score (nSPS) is 15.7. The summed E-state index contributed by atoms with van der Waals surface area (Å²) in [4.78, 5) is 18.1. The molecule has 1 aliphatic rings. The molecule has 4 nitrogen and oxygen atoms in total. The highest BCUT2D eigenvalue weighted by molar-refractivity contribution is 9.10. The fraction of sp³-hybridized carbons (Fsp3) is 0.353. The van der Waals surface area contributed by atoms with Crippen LogP contribution in [0.1, 0.15) is 20.8 Å². The third-order valence-corrected chi connectivity index (χ3v) is 5.93.